The smallest absolute Gasteiger partial charge is 0.246 e. The molecule has 0 aliphatic carbocycles. The number of hydrogen-bond acceptors (Lipinski definition) is 4. The molecule has 0 saturated carbocycles. The van der Waals surface area contributed by atoms with Gasteiger partial charge in [0.15, 0.2) is 5.96 Å². The second kappa shape index (κ2) is 12.6. The summed E-state index contributed by atoms with van der Waals surface area (Å²) >= 11 is 1.72. The fourth-order valence-electron chi connectivity index (χ4n) is 2.14. The average Bonchev–Trinajstić information content (AvgIpc) is 3.09. The summed E-state index contributed by atoms with van der Waals surface area (Å²) in [4.78, 5) is 21.9. The first-order valence-electron chi connectivity index (χ1n) is 8.62. The van der Waals surface area contributed by atoms with Crippen LogP contribution in [0.3, 0.4) is 0 Å². The van der Waals surface area contributed by atoms with E-state index in [2.05, 4.69) is 32.9 Å². The molecule has 1 amide bonds. The molecule has 1 heterocycles. The van der Waals surface area contributed by atoms with Crippen LogP contribution in [0, 0.1) is 5.82 Å². The summed E-state index contributed by atoms with van der Waals surface area (Å²) in [6.07, 6.45) is 3.72. The molecule has 0 fully saturated rings. The predicted molar refractivity (Wildman–Crippen MR) is 120 cm³/mol. The molecule has 1 aromatic carbocycles. The van der Waals surface area contributed by atoms with Crippen LogP contribution < -0.4 is 16.0 Å². The topological polar surface area (TPSA) is 78.4 Å². The van der Waals surface area contributed by atoms with Crippen molar-refractivity contribution in [1.29, 1.82) is 0 Å². The molecule has 0 unspecified atom stereocenters. The van der Waals surface area contributed by atoms with Gasteiger partial charge in [-0.3, -0.25) is 4.79 Å². The third-order valence-corrected chi connectivity index (χ3v) is 4.64. The van der Waals surface area contributed by atoms with Gasteiger partial charge >= 0.3 is 0 Å². The molecule has 0 bridgehead atoms. The number of aryl methyl sites for hydroxylation is 1. The van der Waals surface area contributed by atoms with E-state index in [9.17, 15) is 9.18 Å². The lowest BCUT2D eigenvalue weighted by atomic mass is 10.3. The Labute approximate surface area is 180 Å². The van der Waals surface area contributed by atoms with Gasteiger partial charge in [-0.15, -0.1) is 35.3 Å². The third-order valence-electron chi connectivity index (χ3n) is 3.43. The van der Waals surface area contributed by atoms with Crippen LogP contribution in [0.1, 0.15) is 23.7 Å². The SMILES string of the molecule is CCNC(=NCC(=O)Nc1ccc(F)cc1)NCCc1ncc(CC)s1.I. The lowest BCUT2D eigenvalue weighted by Gasteiger charge is -2.10. The molecule has 1 aromatic heterocycles. The van der Waals surface area contributed by atoms with Gasteiger partial charge < -0.3 is 16.0 Å². The van der Waals surface area contributed by atoms with Gasteiger partial charge in [0.05, 0.1) is 5.01 Å². The summed E-state index contributed by atoms with van der Waals surface area (Å²) in [6, 6.07) is 5.62. The Morgan fingerprint density at radius 2 is 1.96 bits per heavy atom. The van der Waals surface area contributed by atoms with Crippen molar-refractivity contribution in [3.63, 3.8) is 0 Å². The lowest BCUT2D eigenvalue weighted by Crippen LogP contribution is -2.39. The number of aliphatic imine (C=N–C) groups is 1. The van der Waals surface area contributed by atoms with E-state index in [1.165, 1.54) is 29.1 Å². The maximum Gasteiger partial charge on any atom is 0.246 e. The molecular weight excluding hydrogens is 480 g/mol. The summed E-state index contributed by atoms with van der Waals surface area (Å²) in [5, 5.41) is 10.1. The number of thiazole rings is 1. The largest absolute Gasteiger partial charge is 0.357 e. The van der Waals surface area contributed by atoms with E-state index in [0.717, 1.165) is 17.8 Å². The number of guanidine groups is 1. The van der Waals surface area contributed by atoms with Crippen LogP contribution in [0.2, 0.25) is 0 Å². The second-order valence-electron chi connectivity index (χ2n) is 5.50. The summed E-state index contributed by atoms with van der Waals surface area (Å²) in [5.41, 5.74) is 0.542. The minimum atomic E-state index is -0.342. The van der Waals surface area contributed by atoms with Gasteiger partial charge in [0, 0.05) is 36.3 Å². The predicted octanol–water partition coefficient (Wildman–Crippen LogP) is 3.20. The fourth-order valence-corrected chi connectivity index (χ4v) is 3.00. The number of halogens is 2. The van der Waals surface area contributed by atoms with E-state index in [1.807, 2.05) is 13.1 Å². The number of nitrogens with one attached hydrogen (secondary N) is 3. The van der Waals surface area contributed by atoms with Gasteiger partial charge in [-0.2, -0.15) is 0 Å². The zero-order valence-electron chi connectivity index (χ0n) is 15.4. The first kappa shape index (κ1) is 23.3. The van der Waals surface area contributed by atoms with E-state index in [4.69, 9.17) is 0 Å². The van der Waals surface area contributed by atoms with Crippen LogP contribution in [-0.2, 0) is 17.6 Å². The van der Waals surface area contributed by atoms with Gasteiger partial charge in [-0.1, -0.05) is 6.92 Å². The quantitative estimate of drug-likeness (QED) is 0.293. The Morgan fingerprint density at radius 1 is 1.22 bits per heavy atom. The Bertz CT molecular complexity index is 736. The number of benzene rings is 1. The van der Waals surface area contributed by atoms with Crippen molar-refractivity contribution in [1.82, 2.24) is 15.6 Å². The van der Waals surface area contributed by atoms with Crippen molar-refractivity contribution in [2.24, 2.45) is 4.99 Å². The van der Waals surface area contributed by atoms with E-state index in [1.54, 1.807) is 11.3 Å². The number of amides is 1. The number of rotatable bonds is 8. The van der Waals surface area contributed by atoms with Crippen molar-refractivity contribution in [3.8, 4) is 0 Å². The van der Waals surface area contributed by atoms with Gasteiger partial charge in [0.1, 0.15) is 12.4 Å². The summed E-state index contributed by atoms with van der Waals surface area (Å²) in [6.45, 7) is 5.43. The summed E-state index contributed by atoms with van der Waals surface area (Å²) < 4.78 is 12.9. The number of aromatic nitrogens is 1. The molecule has 0 aliphatic rings. The molecule has 3 N–H and O–H groups in total. The van der Waals surface area contributed by atoms with Crippen molar-refractivity contribution < 1.29 is 9.18 Å². The normalized spacial score (nSPS) is 10.9. The highest BCUT2D eigenvalue weighted by Crippen LogP contribution is 2.13. The van der Waals surface area contributed by atoms with Crippen LogP contribution >= 0.6 is 35.3 Å². The van der Waals surface area contributed by atoms with Crippen molar-refractivity contribution in [3.05, 3.63) is 46.2 Å². The molecule has 0 atom stereocenters. The lowest BCUT2D eigenvalue weighted by molar-refractivity contribution is -0.114. The molecule has 9 heteroatoms. The highest BCUT2D eigenvalue weighted by atomic mass is 127. The van der Waals surface area contributed by atoms with Crippen LogP contribution in [-0.4, -0.2) is 36.5 Å². The third kappa shape index (κ3) is 8.65. The minimum absolute atomic E-state index is 0. The van der Waals surface area contributed by atoms with E-state index in [-0.39, 0.29) is 42.2 Å². The van der Waals surface area contributed by atoms with Gasteiger partial charge in [-0.25, -0.2) is 14.4 Å². The number of nitrogens with zero attached hydrogens (tertiary/aromatic N) is 2. The van der Waals surface area contributed by atoms with Gasteiger partial charge in [-0.05, 0) is 37.6 Å². The van der Waals surface area contributed by atoms with Crippen LogP contribution in [0.5, 0.6) is 0 Å². The zero-order valence-corrected chi connectivity index (χ0v) is 18.6. The number of anilines is 1. The molecule has 27 heavy (non-hydrogen) atoms. The molecular formula is C18H25FIN5OS. The number of carbonyl (C=O) groups is 1. The fraction of sp³-hybridized carbons (Fsp3) is 0.389. The van der Waals surface area contributed by atoms with Crippen molar-refractivity contribution in [2.75, 3.05) is 25.0 Å². The van der Waals surface area contributed by atoms with Gasteiger partial charge in [0.25, 0.3) is 0 Å². The van der Waals surface area contributed by atoms with E-state index < -0.39 is 0 Å². The molecule has 148 valence electrons. The monoisotopic (exact) mass is 505 g/mol. The maximum atomic E-state index is 12.9. The van der Waals surface area contributed by atoms with Crippen molar-refractivity contribution in [2.45, 2.75) is 26.7 Å². The average molecular weight is 505 g/mol. The highest BCUT2D eigenvalue weighted by Gasteiger charge is 2.05. The molecule has 2 aromatic rings. The highest BCUT2D eigenvalue weighted by molar-refractivity contribution is 14.0. The maximum absolute atomic E-state index is 12.9. The standard InChI is InChI=1S/C18H24FN5OS.HI/c1-3-15-11-22-17(26-15)9-10-21-18(20-4-2)23-12-16(25)24-14-7-5-13(19)6-8-14;/h5-8,11H,3-4,9-10,12H2,1-2H3,(H,24,25)(H2,20,21,23);1H. The van der Waals surface area contributed by atoms with Crippen LogP contribution in [0.25, 0.3) is 0 Å². The zero-order chi connectivity index (χ0) is 18.8. The number of hydrogen-bond donors (Lipinski definition) is 3. The van der Waals surface area contributed by atoms with E-state index >= 15 is 0 Å². The first-order chi connectivity index (χ1) is 12.6. The Kier molecular flexibility index (Phi) is 10.9. The molecule has 6 nitrogen and oxygen atoms in total. The summed E-state index contributed by atoms with van der Waals surface area (Å²) in [5.74, 6) is -0.0266. The van der Waals surface area contributed by atoms with E-state index in [0.29, 0.717) is 24.7 Å². The van der Waals surface area contributed by atoms with Crippen molar-refractivity contribution >= 4 is 52.9 Å². The Morgan fingerprint density at radius 3 is 2.59 bits per heavy atom. The number of carbonyl (C=O) groups excluding carboxylic acids is 1. The molecule has 0 spiro atoms. The molecule has 0 aliphatic heterocycles. The molecule has 0 saturated heterocycles. The van der Waals surface area contributed by atoms with Crippen LogP contribution in [0.4, 0.5) is 10.1 Å². The first-order valence-corrected chi connectivity index (χ1v) is 9.43. The molecule has 0 radical (unpaired) electrons. The summed E-state index contributed by atoms with van der Waals surface area (Å²) in [7, 11) is 0. The van der Waals surface area contributed by atoms with Gasteiger partial charge in [0.2, 0.25) is 5.91 Å². The Hall–Kier alpha value is -1.75. The minimum Gasteiger partial charge on any atom is -0.357 e. The molecule has 2 rings (SSSR count). The Balaban J connectivity index is 0.00000364. The van der Waals surface area contributed by atoms with Crippen LogP contribution in [0.15, 0.2) is 35.5 Å². The second-order valence-corrected chi connectivity index (χ2v) is 6.70.